The van der Waals surface area contributed by atoms with Gasteiger partial charge in [0.2, 0.25) is 5.91 Å². The van der Waals surface area contributed by atoms with Gasteiger partial charge >= 0.3 is 5.97 Å². The van der Waals surface area contributed by atoms with Crippen LogP contribution in [0.1, 0.15) is 40.2 Å². The highest BCUT2D eigenvalue weighted by molar-refractivity contribution is 5.88. The van der Waals surface area contributed by atoms with Crippen molar-refractivity contribution < 1.29 is 14.3 Å². The van der Waals surface area contributed by atoms with Crippen molar-refractivity contribution in [1.29, 1.82) is 0 Å². The molecule has 0 aliphatic heterocycles. The molecule has 2 heterocycles. The van der Waals surface area contributed by atoms with E-state index in [1.807, 2.05) is 20.8 Å². The van der Waals surface area contributed by atoms with Gasteiger partial charge in [-0.05, 0) is 18.8 Å². The first kappa shape index (κ1) is 18.6. The quantitative estimate of drug-likeness (QED) is 0.774. The fourth-order valence-electron chi connectivity index (χ4n) is 2.52. The van der Waals surface area contributed by atoms with E-state index in [2.05, 4.69) is 20.3 Å². The fourth-order valence-corrected chi connectivity index (χ4v) is 2.52. The number of esters is 1. The first-order valence-electron chi connectivity index (χ1n) is 7.95. The number of carbonyl (C=O) groups excluding carboxylic acids is 2. The van der Waals surface area contributed by atoms with Crippen molar-refractivity contribution in [2.45, 2.75) is 46.2 Å². The first-order chi connectivity index (χ1) is 11.6. The topological polar surface area (TPSA) is 125 Å². The van der Waals surface area contributed by atoms with Gasteiger partial charge in [0.05, 0.1) is 13.4 Å². The number of amides is 1. The molecular formula is C16H24N6O3. The second-order valence-electron chi connectivity index (χ2n) is 7.11. The van der Waals surface area contributed by atoms with Crippen LogP contribution < -0.4 is 11.1 Å². The van der Waals surface area contributed by atoms with Gasteiger partial charge in [0.25, 0.3) is 0 Å². The summed E-state index contributed by atoms with van der Waals surface area (Å²) in [6.07, 6.45) is 3.26. The summed E-state index contributed by atoms with van der Waals surface area (Å²) in [6, 6.07) is -1.36. The highest BCUT2D eigenvalue weighted by Gasteiger charge is 2.29. The van der Waals surface area contributed by atoms with Crippen LogP contribution >= 0.6 is 0 Å². The van der Waals surface area contributed by atoms with Gasteiger partial charge in [0, 0.05) is 0 Å². The van der Waals surface area contributed by atoms with E-state index in [1.165, 1.54) is 19.8 Å². The number of nitrogen functional groups attached to an aromatic ring is 1. The normalized spacial score (nSPS) is 14.1. The maximum Gasteiger partial charge on any atom is 0.328 e. The minimum atomic E-state index is -0.727. The summed E-state index contributed by atoms with van der Waals surface area (Å²) in [4.78, 5) is 36.8. The Hall–Kier alpha value is -2.71. The second-order valence-corrected chi connectivity index (χ2v) is 7.11. The summed E-state index contributed by atoms with van der Waals surface area (Å²) in [6.45, 7) is 7.66. The molecule has 2 rings (SSSR count). The van der Waals surface area contributed by atoms with Gasteiger partial charge in [-0.1, -0.05) is 20.8 Å². The summed E-state index contributed by atoms with van der Waals surface area (Å²) in [5.41, 5.74) is 6.50. The third kappa shape index (κ3) is 4.23. The molecule has 0 radical (unpaired) electrons. The van der Waals surface area contributed by atoms with Crippen LogP contribution in [0.15, 0.2) is 12.7 Å². The number of nitrogens with zero attached hydrogens (tertiary/aromatic N) is 4. The van der Waals surface area contributed by atoms with Crippen molar-refractivity contribution in [2.75, 3.05) is 12.8 Å². The number of hydrogen-bond donors (Lipinski definition) is 2. The molecule has 136 valence electrons. The zero-order valence-corrected chi connectivity index (χ0v) is 15.1. The molecule has 0 spiro atoms. The zero-order valence-electron chi connectivity index (χ0n) is 15.1. The van der Waals surface area contributed by atoms with Gasteiger partial charge in [0.1, 0.15) is 23.9 Å². The van der Waals surface area contributed by atoms with Gasteiger partial charge in [-0.25, -0.2) is 19.7 Å². The van der Waals surface area contributed by atoms with Gasteiger partial charge < -0.3 is 20.4 Å². The van der Waals surface area contributed by atoms with Crippen LogP contribution in [0.25, 0.3) is 11.2 Å². The number of fused-ring (bicyclic) bond motifs is 1. The minimum absolute atomic E-state index is 0.154. The highest BCUT2D eigenvalue weighted by Crippen LogP contribution is 2.23. The summed E-state index contributed by atoms with van der Waals surface area (Å²) >= 11 is 0. The Labute approximate surface area is 146 Å². The Morgan fingerprint density at radius 1 is 1.32 bits per heavy atom. The summed E-state index contributed by atoms with van der Waals surface area (Å²) in [5.74, 6) is -0.565. The van der Waals surface area contributed by atoms with E-state index in [1.54, 1.807) is 11.5 Å². The largest absolute Gasteiger partial charge is 0.467 e. The molecule has 2 aromatic heterocycles. The van der Waals surface area contributed by atoms with E-state index in [4.69, 9.17) is 10.5 Å². The molecule has 1 amide bonds. The van der Waals surface area contributed by atoms with Crippen LogP contribution in [0, 0.1) is 5.41 Å². The molecule has 0 aliphatic rings. The van der Waals surface area contributed by atoms with Gasteiger partial charge in [-0.2, -0.15) is 0 Å². The SMILES string of the molecule is COC(=O)C(CC(C)(C)C)NC(=O)C(C)n1cnc2c(N)ncnc21. The van der Waals surface area contributed by atoms with Crippen LogP contribution in [0.4, 0.5) is 5.82 Å². The minimum Gasteiger partial charge on any atom is -0.467 e. The lowest BCUT2D eigenvalue weighted by atomic mass is 9.88. The van der Waals surface area contributed by atoms with E-state index in [9.17, 15) is 9.59 Å². The number of anilines is 1. The molecule has 3 N–H and O–H groups in total. The number of hydrogen-bond acceptors (Lipinski definition) is 7. The van der Waals surface area contributed by atoms with E-state index < -0.39 is 18.1 Å². The van der Waals surface area contributed by atoms with Crippen LogP contribution in [0.5, 0.6) is 0 Å². The third-order valence-electron chi connectivity index (χ3n) is 3.80. The number of methoxy groups -OCH3 is 1. The summed E-state index contributed by atoms with van der Waals surface area (Å²) in [5, 5.41) is 2.75. The predicted molar refractivity (Wildman–Crippen MR) is 92.5 cm³/mol. The van der Waals surface area contributed by atoms with E-state index in [0.29, 0.717) is 17.6 Å². The number of nitrogens with one attached hydrogen (secondary N) is 1. The van der Waals surface area contributed by atoms with Gasteiger partial charge in [0.15, 0.2) is 11.5 Å². The Balaban J connectivity index is 2.22. The predicted octanol–water partition coefficient (Wildman–Crippen LogP) is 1.06. The maximum absolute atomic E-state index is 12.6. The lowest BCUT2D eigenvalue weighted by Gasteiger charge is -2.26. The first-order valence-corrected chi connectivity index (χ1v) is 7.95. The van der Waals surface area contributed by atoms with Crippen molar-refractivity contribution in [3.05, 3.63) is 12.7 Å². The molecule has 0 saturated carbocycles. The zero-order chi connectivity index (χ0) is 18.8. The van der Waals surface area contributed by atoms with Crippen LogP contribution in [0.2, 0.25) is 0 Å². The van der Waals surface area contributed by atoms with Crippen LogP contribution in [-0.4, -0.2) is 44.5 Å². The molecule has 2 unspecified atom stereocenters. The average Bonchev–Trinajstić information content (AvgIpc) is 2.96. The molecular weight excluding hydrogens is 324 g/mol. The average molecular weight is 348 g/mol. The Bertz CT molecular complexity index is 780. The number of rotatable bonds is 5. The molecule has 9 heteroatoms. The maximum atomic E-state index is 12.6. The molecule has 2 aromatic rings. The van der Waals surface area contributed by atoms with Gasteiger partial charge in [-0.15, -0.1) is 0 Å². The second kappa shape index (κ2) is 7.04. The number of nitrogens with two attached hydrogens (primary N) is 1. The highest BCUT2D eigenvalue weighted by atomic mass is 16.5. The van der Waals surface area contributed by atoms with Crippen molar-refractivity contribution in [3.8, 4) is 0 Å². The third-order valence-corrected chi connectivity index (χ3v) is 3.80. The lowest BCUT2D eigenvalue weighted by molar-refractivity contribution is -0.146. The lowest BCUT2D eigenvalue weighted by Crippen LogP contribution is -2.46. The number of carbonyl (C=O) groups is 2. The van der Waals surface area contributed by atoms with Crippen molar-refractivity contribution in [2.24, 2.45) is 5.41 Å². The Kier molecular flexibility index (Phi) is 5.24. The van der Waals surface area contributed by atoms with Crippen molar-refractivity contribution in [1.82, 2.24) is 24.8 Å². The van der Waals surface area contributed by atoms with E-state index in [0.717, 1.165) is 0 Å². The molecule has 0 fully saturated rings. The fraction of sp³-hybridized carbons (Fsp3) is 0.562. The standard InChI is InChI=1S/C16H24N6O3/c1-9(22-8-20-11-12(17)18-7-19-13(11)22)14(23)21-10(15(24)25-5)6-16(2,3)4/h7-10H,6H2,1-5H3,(H,21,23)(H2,17,18,19). The number of aromatic nitrogens is 4. The molecule has 0 bridgehead atoms. The number of imidazole rings is 1. The van der Waals surface area contributed by atoms with Crippen molar-refractivity contribution in [3.63, 3.8) is 0 Å². The molecule has 2 atom stereocenters. The Morgan fingerprint density at radius 2 is 2.00 bits per heavy atom. The molecule has 0 aliphatic carbocycles. The van der Waals surface area contributed by atoms with E-state index >= 15 is 0 Å². The summed E-state index contributed by atoms with van der Waals surface area (Å²) in [7, 11) is 1.30. The summed E-state index contributed by atoms with van der Waals surface area (Å²) < 4.78 is 6.40. The van der Waals surface area contributed by atoms with Crippen molar-refractivity contribution >= 4 is 28.9 Å². The smallest absolute Gasteiger partial charge is 0.328 e. The molecule has 0 saturated heterocycles. The Morgan fingerprint density at radius 3 is 2.60 bits per heavy atom. The number of ether oxygens (including phenoxy) is 1. The van der Waals surface area contributed by atoms with Gasteiger partial charge in [-0.3, -0.25) is 4.79 Å². The molecule has 9 nitrogen and oxygen atoms in total. The van der Waals surface area contributed by atoms with Crippen LogP contribution in [0.3, 0.4) is 0 Å². The molecule has 0 aromatic carbocycles. The molecule has 25 heavy (non-hydrogen) atoms. The van der Waals surface area contributed by atoms with Crippen LogP contribution in [-0.2, 0) is 14.3 Å². The monoisotopic (exact) mass is 348 g/mol. The van der Waals surface area contributed by atoms with E-state index in [-0.39, 0.29) is 17.1 Å².